The van der Waals surface area contributed by atoms with Crippen molar-refractivity contribution in [1.82, 2.24) is 15.5 Å². The molecule has 7 nitrogen and oxygen atoms in total. The molecule has 1 aromatic heterocycles. The van der Waals surface area contributed by atoms with Crippen molar-refractivity contribution < 1.29 is 19.2 Å². The Kier molecular flexibility index (Phi) is 4.93. The van der Waals surface area contributed by atoms with Crippen LogP contribution in [0.25, 0.3) is 0 Å². The van der Waals surface area contributed by atoms with Crippen molar-refractivity contribution in [2.45, 2.75) is 57.9 Å². The molecule has 1 amide bonds. The summed E-state index contributed by atoms with van der Waals surface area (Å²) in [5, 5.41) is 15.5. The van der Waals surface area contributed by atoms with Crippen LogP contribution in [0.2, 0.25) is 0 Å². The number of aryl methyl sites for hydroxylation is 1. The number of carbonyl (C=O) groups is 2. The molecule has 2 rings (SSSR count). The van der Waals surface area contributed by atoms with Gasteiger partial charge in [0.25, 0.3) is 0 Å². The molecule has 1 aliphatic rings. The summed E-state index contributed by atoms with van der Waals surface area (Å²) >= 11 is 0. The minimum absolute atomic E-state index is 0.147. The van der Waals surface area contributed by atoms with Crippen molar-refractivity contribution >= 4 is 11.9 Å². The zero-order valence-corrected chi connectivity index (χ0v) is 12.3. The number of rotatable bonds is 8. The normalized spacial score (nSPS) is 16.0. The quantitative estimate of drug-likeness (QED) is 0.753. The molecule has 21 heavy (non-hydrogen) atoms. The third-order valence-corrected chi connectivity index (χ3v) is 3.47. The van der Waals surface area contributed by atoms with Gasteiger partial charge in [-0.05, 0) is 12.3 Å². The third-order valence-electron chi connectivity index (χ3n) is 3.47. The van der Waals surface area contributed by atoms with Gasteiger partial charge in [-0.25, -0.2) is 4.79 Å². The summed E-state index contributed by atoms with van der Waals surface area (Å²) in [6.07, 6.45) is 3.09. The maximum atomic E-state index is 11.8. The Hall–Kier alpha value is -1.92. The number of aliphatic carboxylic acids is 1. The summed E-state index contributed by atoms with van der Waals surface area (Å²) in [6.45, 7) is 3.91. The molecular formula is C14H21N3O4. The van der Waals surface area contributed by atoms with E-state index in [9.17, 15) is 9.59 Å². The van der Waals surface area contributed by atoms with Crippen LogP contribution in [-0.4, -0.2) is 33.2 Å². The monoisotopic (exact) mass is 295 g/mol. The average Bonchev–Trinajstić information content (AvgIpc) is 3.10. The Labute approximate surface area is 123 Å². The molecule has 2 N–H and O–H groups in total. The number of carboxylic acids is 1. The zero-order chi connectivity index (χ0) is 15.4. The van der Waals surface area contributed by atoms with Crippen LogP contribution in [0.15, 0.2) is 4.52 Å². The van der Waals surface area contributed by atoms with Gasteiger partial charge in [-0.15, -0.1) is 0 Å². The maximum Gasteiger partial charge on any atom is 0.326 e. The molecule has 1 fully saturated rings. The van der Waals surface area contributed by atoms with E-state index in [0.29, 0.717) is 30.5 Å². The van der Waals surface area contributed by atoms with Crippen LogP contribution in [0, 0.1) is 5.92 Å². The molecule has 0 saturated heterocycles. The number of carboxylic acid groups (broad SMARTS) is 1. The van der Waals surface area contributed by atoms with Crippen LogP contribution in [0.5, 0.6) is 0 Å². The Morgan fingerprint density at radius 1 is 1.43 bits per heavy atom. The predicted molar refractivity (Wildman–Crippen MR) is 73.6 cm³/mol. The second kappa shape index (κ2) is 6.69. The van der Waals surface area contributed by atoms with Crippen LogP contribution < -0.4 is 5.32 Å². The minimum atomic E-state index is -0.977. The van der Waals surface area contributed by atoms with Gasteiger partial charge in [-0.3, -0.25) is 4.79 Å². The van der Waals surface area contributed by atoms with Gasteiger partial charge in [0, 0.05) is 18.8 Å². The van der Waals surface area contributed by atoms with E-state index in [2.05, 4.69) is 15.5 Å². The van der Waals surface area contributed by atoms with Gasteiger partial charge in [-0.2, -0.15) is 4.98 Å². The van der Waals surface area contributed by atoms with Crippen LogP contribution in [-0.2, 0) is 16.0 Å². The number of aromatic nitrogens is 2. The Bertz CT molecular complexity index is 508. The largest absolute Gasteiger partial charge is 0.480 e. The van der Waals surface area contributed by atoms with Gasteiger partial charge in [0.2, 0.25) is 11.8 Å². The number of carbonyl (C=O) groups excluding carboxylic acids is 1. The molecule has 1 unspecified atom stereocenters. The lowest BCUT2D eigenvalue weighted by Gasteiger charge is -2.13. The highest BCUT2D eigenvalue weighted by Gasteiger charge is 2.30. The van der Waals surface area contributed by atoms with E-state index in [0.717, 1.165) is 12.8 Å². The first-order chi connectivity index (χ1) is 9.95. The van der Waals surface area contributed by atoms with Gasteiger partial charge < -0.3 is 14.9 Å². The lowest BCUT2D eigenvalue weighted by Crippen LogP contribution is -2.41. The Morgan fingerprint density at radius 2 is 2.14 bits per heavy atom. The third kappa shape index (κ3) is 4.84. The molecule has 0 aromatic carbocycles. The second-order valence-electron chi connectivity index (χ2n) is 5.84. The van der Waals surface area contributed by atoms with E-state index in [4.69, 9.17) is 9.63 Å². The first-order valence-electron chi connectivity index (χ1n) is 7.30. The van der Waals surface area contributed by atoms with E-state index in [1.807, 2.05) is 13.8 Å². The highest BCUT2D eigenvalue weighted by molar-refractivity contribution is 5.83. The Morgan fingerprint density at radius 3 is 2.67 bits per heavy atom. The van der Waals surface area contributed by atoms with Crippen molar-refractivity contribution in [3.05, 3.63) is 11.7 Å². The van der Waals surface area contributed by atoms with Crippen LogP contribution in [0.1, 0.15) is 57.2 Å². The molecule has 7 heteroatoms. The summed E-state index contributed by atoms with van der Waals surface area (Å²) in [5.74, 6) is 0.357. The van der Waals surface area contributed by atoms with Gasteiger partial charge in [0.15, 0.2) is 5.82 Å². The lowest BCUT2D eigenvalue weighted by molar-refractivity contribution is -0.142. The molecule has 1 aromatic rings. The summed E-state index contributed by atoms with van der Waals surface area (Å²) < 4.78 is 5.05. The average molecular weight is 295 g/mol. The van der Waals surface area contributed by atoms with E-state index in [-0.39, 0.29) is 18.2 Å². The first-order valence-corrected chi connectivity index (χ1v) is 7.30. The van der Waals surface area contributed by atoms with Crippen molar-refractivity contribution in [2.75, 3.05) is 0 Å². The lowest BCUT2D eigenvalue weighted by atomic mass is 10.1. The predicted octanol–water partition coefficient (Wildman–Crippen LogP) is 1.50. The number of amides is 1. The second-order valence-corrected chi connectivity index (χ2v) is 5.84. The number of nitrogens with one attached hydrogen (secondary N) is 1. The topological polar surface area (TPSA) is 105 Å². The van der Waals surface area contributed by atoms with Gasteiger partial charge >= 0.3 is 5.97 Å². The van der Waals surface area contributed by atoms with Crippen molar-refractivity contribution in [2.24, 2.45) is 5.92 Å². The van der Waals surface area contributed by atoms with E-state index < -0.39 is 12.0 Å². The highest BCUT2D eigenvalue weighted by Crippen LogP contribution is 2.33. The summed E-state index contributed by atoms with van der Waals surface area (Å²) in [5.41, 5.74) is 0. The van der Waals surface area contributed by atoms with E-state index >= 15 is 0 Å². The molecule has 0 spiro atoms. The fourth-order valence-electron chi connectivity index (χ4n) is 2.00. The van der Waals surface area contributed by atoms with E-state index in [1.54, 1.807) is 0 Å². The van der Waals surface area contributed by atoms with Crippen LogP contribution >= 0.6 is 0 Å². The molecule has 1 heterocycles. The minimum Gasteiger partial charge on any atom is -0.480 e. The summed E-state index contributed by atoms with van der Waals surface area (Å²) in [4.78, 5) is 27.1. The molecular weight excluding hydrogens is 274 g/mol. The smallest absolute Gasteiger partial charge is 0.326 e. The fourth-order valence-corrected chi connectivity index (χ4v) is 2.00. The molecule has 116 valence electrons. The van der Waals surface area contributed by atoms with Gasteiger partial charge in [0.1, 0.15) is 6.04 Å². The molecule has 1 atom stereocenters. The van der Waals surface area contributed by atoms with Crippen molar-refractivity contribution in [3.8, 4) is 0 Å². The molecule has 0 radical (unpaired) electrons. The summed E-state index contributed by atoms with van der Waals surface area (Å²) in [7, 11) is 0. The van der Waals surface area contributed by atoms with E-state index in [1.165, 1.54) is 0 Å². The van der Waals surface area contributed by atoms with Crippen LogP contribution in [0.4, 0.5) is 0 Å². The highest BCUT2D eigenvalue weighted by atomic mass is 16.5. The maximum absolute atomic E-state index is 11.8. The van der Waals surface area contributed by atoms with Crippen molar-refractivity contribution in [3.63, 3.8) is 0 Å². The van der Waals surface area contributed by atoms with Crippen LogP contribution in [0.3, 0.4) is 0 Å². The molecule has 1 saturated carbocycles. The summed E-state index contributed by atoms with van der Waals surface area (Å²) in [6, 6.07) is -0.793. The molecule has 1 aliphatic carbocycles. The number of hydrogen-bond acceptors (Lipinski definition) is 5. The Balaban J connectivity index is 1.78. The standard InChI is InChI=1S/C14H21N3O4/c1-8(2)13-16-12(21-17-13)6-5-11(18)15-10(14(19)20)7-9-3-4-9/h8-10H,3-7H2,1-2H3,(H,15,18)(H,19,20). The number of hydrogen-bond donors (Lipinski definition) is 2. The SMILES string of the molecule is CC(C)c1noc(CCC(=O)NC(CC2CC2)C(=O)O)n1. The van der Waals surface area contributed by atoms with Gasteiger partial charge in [-0.1, -0.05) is 31.8 Å². The van der Waals surface area contributed by atoms with Crippen molar-refractivity contribution in [1.29, 1.82) is 0 Å². The fraction of sp³-hybridized carbons (Fsp3) is 0.714. The zero-order valence-electron chi connectivity index (χ0n) is 12.3. The first kappa shape index (κ1) is 15.5. The molecule has 0 aliphatic heterocycles. The van der Waals surface area contributed by atoms with Gasteiger partial charge in [0.05, 0.1) is 0 Å². The molecule has 0 bridgehead atoms. The number of nitrogens with zero attached hydrogens (tertiary/aromatic N) is 2.